The number of nitrogens with two attached hydrogens (primary N) is 1. The van der Waals surface area contributed by atoms with Crippen LogP contribution in [0.15, 0.2) is 12.7 Å². The van der Waals surface area contributed by atoms with Gasteiger partial charge >= 0.3 is 6.72 Å². The molecule has 3 unspecified atom stereocenters. The number of rotatable bonds is 2. The number of aliphatic hydroxyl groups excluding tert-OH is 1. The van der Waals surface area contributed by atoms with Gasteiger partial charge in [-0.2, -0.15) is 0 Å². The number of fused-ring (bicyclic) bond motifs is 2. The topological polar surface area (TPSA) is 127 Å². The van der Waals surface area contributed by atoms with Gasteiger partial charge in [-0.25, -0.2) is 15.0 Å². The minimum absolute atomic E-state index is 0.256. The summed E-state index contributed by atoms with van der Waals surface area (Å²) in [5, 5.41) is 10.7. The first-order valence-corrected chi connectivity index (χ1v) is 9.78. The Balaban J connectivity index is 1.71. The lowest BCUT2D eigenvalue weighted by Gasteiger charge is -2.36. The van der Waals surface area contributed by atoms with Crippen molar-refractivity contribution in [1.29, 1.82) is 0 Å². The van der Waals surface area contributed by atoms with Crippen LogP contribution in [0.1, 0.15) is 13.2 Å². The lowest BCUT2D eigenvalue weighted by atomic mass is 10.1. The SMILES string of the molecule is COP1(=S)OC2C(O[C@@H](n3cnc4c(N)ncnc43)[C@@H]2O)[C@H](C)O1. The Morgan fingerprint density at radius 2 is 2.12 bits per heavy atom. The molecule has 0 radical (unpaired) electrons. The zero-order valence-corrected chi connectivity index (χ0v) is 14.6. The summed E-state index contributed by atoms with van der Waals surface area (Å²) < 4.78 is 24.1. The van der Waals surface area contributed by atoms with Crippen molar-refractivity contribution in [2.45, 2.75) is 37.6 Å². The minimum Gasteiger partial charge on any atom is -0.386 e. The summed E-state index contributed by atoms with van der Waals surface area (Å²) in [4.78, 5) is 12.3. The molecule has 6 atom stereocenters. The maximum Gasteiger partial charge on any atom is 0.327 e. The van der Waals surface area contributed by atoms with Gasteiger partial charge in [0, 0.05) is 7.11 Å². The molecule has 2 aliphatic heterocycles. The highest BCUT2D eigenvalue weighted by Crippen LogP contribution is 2.58. The zero-order chi connectivity index (χ0) is 17.1. The minimum atomic E-state index is -2.89. The second kappa shape index (κ2) is 5.67. The van der Waals surface area contributed by atoms with E-state index < -0.39 is 31.3 Å². The molecule has 2 fully saturated rings. The van der Waals surface area contributed by atoms with Crippen molar-refractivity contribution >= 4 is 35.5 Å². The molecule has 0 aromatic carbocycles. The number of nitrogens with zero attached hydrogens (tertiary/aromatic N) is 4. The van der Waals surface area contributed by atoms with Crippen molar-refractivity contribution in [3.8, 4) is 0 Å². The predicted molar refractivity (Wildman–Crippen MR) is 86.4 cm³/mol. The van der Waals surface area contributed by atoms with Crippen LogP contribution in [0.3, 0.4) is 0 Å². The average molecular weight is 373 g/mol. The van der Waals surface area contributed by atoms with Crippen LogP contribution in [-0.2, 0) is 30.1 Å². The Kier molecular flexibility index (Phi) is 3.84. The van der Waals surface area contributed by atoms with Gasteiger partial charge < -0.3 is 24.6 Å². The maximum atomic E-state index is 10.7. The van der Waals surface area contributed by atoms with E-state index in [0.717, 1.165) is 0 Å². The number of nitrogen functional groups attached to an aromatic ring is 1. The standard InChI is InChI=1S/C12H16N5O5PS/c1-5-8-9(22-23(24,19-2)21-5)7(18)12(20-8)17-4-16-6-10(13)14-3-15-11(6)17/h3-5,7-9,12,18H,1-2H3,(H2,13,14,15)/t5-,7+,8?,9?,12+,23?/m0/s1. The smallest absolute Gasteiger partial charge is 0.327 e. The summed E-state index contributed by atoms with van der Waals surface area (Å²) in [5.74, 6) is 0.256. The quantitative estimate of drug-likeness (QED) is 0.712. The second-order valence-electron chi connectivity index (χ2n) is 5.58. The normalized spacial score (nSPS) is 39.2. The molecular formula is C12H16N5O5PS. The predicted octanol–water partition coefficient (Wildman–Crippen LogP) is 0.342. The molecule has 2 aromatic heterocycles. The first kappa shape index (κ1) is 16.3. The average Bonchev–Trinajstić information content (AvgIpc) is 3.11. The number of hydrogen-bond donors (Lipinski definition) is 2. The van der Waals surface area contributed by atoms with Gasteiger partial charge in [0.2, 0.25) is 0 Å². The molecule has 4 heterocycles. The molecule has 0 aliphatic carbocycles. The van der Waals surface area contributed by atoms with Crippen LogP contribution >= 0.6 is 6.72 Å². The largest absolute Gasteiger partial charge is 0.386 e. The monoisotopic (exact) mass is 373 g/mol. The van der Waals surface area contributed by atoms with E-state index in [2.05, 4.69) is 15.0 Å². The van der Waals surface area contributed by atoms with Crippen LogP contribution in [0.4, 0.5) is 5.82 Å². The first-order chi connectivity index (χ1) is 11.4. The lowest BCUT2D eigenvalue weighted by Crippen LogP contribution is -2.43. The molecule has 2 aliphatic rings. The maximum absolute atomic E-state index is 10.7. The van der Waals surface area contributed by atoms with E-state index in [1.165, 1.54) is 19.8 Å². The van der Waals surface area contributed by atoms with Crippen LogP contribution in [0, 0.1) is 0 Å². The van der Waals surface area contributed by atoms with Gasteiger partial charge in [-0.3, -0.25) is 9.09 Å². The van der Waals surface area contributed by atoms with Gasteiger partial charge in [0.1, 0.15) is 30.2 Å². The number of ether oxygens (including phenoxy) is 1. The van der Waals surface area contributed by atoms with Crippen LogP contribution < -0.4 is 5.73 Å². The fourth-order valence-corrected chi connectivity index (χ4v) is 4.98. The van der Waals surface area contributed by atoms with E-state index in [-0.39, 0.29) is 11.9 Å². The summed E-state index contributed by atoms with van der Waals surface area (Å²) in [5.41, 5.74) is 6.70. The van der Waals surface area contributed by atoms with Crippen molar-refractivity contribution in [3.63, 3.8) is 0 Å². The zero-order valence-electron chi connectivity index (χ0n) is 12.8. The van der Waals surface area contributed by atoms with E-state index >= 15 is 0 Å². The Morgan fingerprint density at radius 1 is 1.33 bits per heavy atom. The van der Waals surface area contributed by atoms with Crippen LogP contribution in [-0.4, -0.2) is 56.2 Å². The summed E-state index contributed by atoms with van der Waals surface area (Å²) in [6.45, 7) is -1.09. The van der Waals surface area contributed by atoms with Crippen molar-refractivity contribution < 1.29 is 23.4 Å². The highest BCUT2D eigenvalue weighted by molar-refractivity contribution is 8.07. The molecule has 12 heteroatoms. The van der Waals surface area contributed by atoms with Crippen molar-refractivity contribution in [3.05, 3.63) is 12.7 Å². The third kappa shape index (κ3) is 2.36. The van der Waals surface area contributed by atoms with E-state index in [0.29, 0.717) is 11.2 Å². The van der Waals surface area contributed by atoms with E-state index in [1.54, 1.807) is 4.57 Å². The molecule has 0 spiro atoms. The lowest BCUT2D eigenvalue weighted by molar-refractivity contribution is -0.0922. The van der Waals surface area contributed by atoms with Gasteiger partial charge in [0.25, 0.3) is 0 Å². The van der Waals surface area contributed by atoms with Crippen molar-refractivity contribution in [2.75, 3.05) is 12.8 Å². The van der Waals surface area contributed by atoms with Crippen molar-refractivity contribution in [1.82, 2.24) is 19.5 Å². The van der Waals surface area contributed by atoms with E-state index in [9.17, 15) is 5.11 Å². The molecule has 10 nitrogen and oxygen atoms in total. The number of aromatic nitrogens is 4. The highest BCUT2D eigenvalue weighted by atomic mass is 32.5. The third-order valence-corrected chi connectivity index (χ3v) is 6.65. The Bertz CT molecular complexity index is 833. The highest BCUT2D eigenvalue weighted by Gasteiger charge is 2.54. The molecule has 24 heavy (non-hydrogen) atoms. The molecule has 130 valence electrons. The number of anilines is 1. The Labute approximate surface area is 142 Å². The molecule has 0 saturated carbocycles. The Hall–Kier alpha value is -1.20. The summed E-state index contributed by atoms with van der Waals surface area (Å²) >= 11 is 5.26. The molecular weight excluding hydrogens is 357 g/mol. The fourth-order valence-electron chi connectivity index (χ4n) is 2.99. The second-order valence-corrected chi connectivity index (χ2v) is 8.60. The van der Waals surface area contributed by atoms with Crippen molar-refractivity contribution in [2.24, 2.45) is 0 Å². The molecule has 3 N–H and O–H groups in total. The van der Waals surface area contributed by atoms with Crippen LogP contribution in [0.2, 0.25) is 0 Å². The molecule has 2 aromatic rings. The summed E-state index contributed by atoms with van der Waals surface area (Å²) in [7, 11) is 1.43. The Morgan fingerprint density at radius 3 is 2.88 bits per heavy atom. The molecule has 0 amide bonds. The van der Waals surface area contributed by atoms with Gasteiger partial charge in [0.15, 0.2) is 17.7 Å². The van der Waals surface area contributed by atoms with Crippen LogP contribution in [0.25, 0.3) is 11.2 Å². The van der Waals surface area contributed by atoms with Gasteiger partial charge in [-0.15, -0.1) is 0 Å². The van der Waals surface area contributed by atoms with Gasteiger partial charge in [-0.1, -0.05) is 0 Å². The van der Waals surface area contributed by atoms with E-state index in [4.69, 9.17) is 35.8 Å². The third-order valence-electron chi connectivity index (χ3n) is 4.14. The first-order valence-electron chi connectivity index (χ1n) is 7.22. The van der Waals surface area contributed by atoms with Crippen LogP contribution in [0.5, 0.6) is 0 Å². The number of hydrogen-bond acceptors (Lipinski definition) is 10. The molecule has 2 saturated heterocycles. The summed E-state index contributed by atoms with van der Waals surface area (Å²) in [6, 6.07) is 0. The van der Waals surface area contributed by atoms with Gasteiger partial charge in [-0.05, 0) is 18.7 Å². The van der Waals surface area contributed by atoms with Gasteiger partial charge in [0.05, 0.1) is 12.4 Å². The summed E-state index contributed by atoms with van der Waals surface area (Å²) in [6.07, 6.45) is -0.468. The number of aliphatic hydroxyl groups is 1. The number of imidazole rings is 1. The fraction of sp³-hybridized carbons (Fsp3) is 0.583. The molecule has 0 bridgehead atoms. The molecule has 4 rings (SSSR count). The van der Waals surface area contributed by atoms with E-state index in [1.807, 2.05) is 6.92 Å².